The summed E-state index contributed by atoms with van der Waals surface area (Å²) >= 11 is 0. The number of carbonyl (C=O) groups is 3. The van der Waals surface area contributed by atoms with Crippen molar-refractivity contribution < 1.29 is 19.1 Å². The van der Waals surface area contributed by atoms with Gasteiger partial charge in [0.05, 0.1) is 31.0 Å². The molecule has 2 rings (SSSR count). The minimum Gasteiger partial charge on any atom is -0.465 e. The highest BCUT2D eigenvalue weighted by Crippen LogP contribution is 2.13. The van der Waals surface area contributed by atoms with Crippen molar-refractivity contribution in [1.29, 1.82) is 0 Å². The van der Waals surface area contributed by atoms with Crippen LogP contribution in [0.5, 0.6) is 0 Å². The Labute approximate surface area is 122 Å². The van der Waals surface area contributed by atoms with Crippen molar-refractivity contribution in [3.05, 3.63) is 29.6 Å². The van der Waals surface area contributed by atoms with Crippen LogP contribution in [0, 0.1) is 0 Å². The van der Waals surface area contributed by atoms with Gasteiger partial charge in [0.15, 0.2) is 0 Å². The Hall–Kier alpha value is -2.28. The molecule has 1 aliphatic heterocycles. The van der Waals surface area contributed by atoms with Crippen LogP contribution in [0.3, 0.4) is 0 Å². The van der Waals surface area contributed by atoms with E-state index < -0.39 is 5.97 Å². The molecule has 0 aliphatic carbocycles. The number of esters is 1. The molecule has 0 spiro atoms. The number of imide groups is 1. The van der Waals surface area contributed by atoms with Gasteiger partial charge in [-0.05, 0) is 18.6 Å². The van der Waals surface area contributed by atoms with Crippen LogP contribution in [0.2, 0.25) is 0 Å². The number of aromatic nitrogens is 1. The summed E-state index contributed by atoms with van der Waals surface area (Å²) in [4.78, 5) is 40.5. The Kier molecular flexibility index (Phi) is 4.64. The topological polar surface area (TPSA) is 88.6 Å². The number of nitrogens with one attached hydrogen (secondary N) is 1. The van der Waals surface area contributed by atoms with Crippen molar-refractivity contribution >= 4 is 17.8 Å². The van der Waals surface area contributed by atoms with E-state index in [1.165, 1.54) is 13.3 Å². The van der Waals surface area contributed by atoms with Gasteiger partial charge in [-0.3, -0.25) is 24.8 Å². The Bertz CT molecular complexity index is 556. The highest BCUT2D eigenvalue weighted by molar-refractivity contribution is 6.01. The van der Waals surface area contributed by atoms with Gasteiger partial charge in [-0.1, -0.05) is 6.92 Å². The summed E-state index contributed by atoms with van der Waals surface area (Å²) in [5.74, 6) is -1.04. The molecule has 1 N–H and O–H groups in total. The molecule has 1 atom stereocenters. The molecular weight excluding hydrogens is 274 g/mol. The predicted octanol–water partition coefficient (Wildman–Crippen LogP) is 0.105. The third-order valence-electron chi connectivity index (χ3n) is 3.35. The molecule has 1 saturated heterocycles. The molecule has 1 aliphatic rings. The van der Waals surface area contributed by atoms with E-state index in [4.69, 9.17) is 0 Å². The van der Waals surface area contributed by atoms with Crippen LogP contribution < -0.4 is 5.32 Å². The van der Waals surface area contributed by atoms with Crippen LogP contribution in [0.15, 0.2) is 18.3 Å². The highest BCUT2D eigenvalue weighted by Gasteiger charge is 2.32. The maximum atomic E-state index is 11.8. The summed E-state index contributed by atoms with van der Waals surface area (Å²) in [6, 6.07) is 2.96. The molecular formula is C14H17N3O4. The van der Waals surface area contributed by atoms with E-state index >= 15 is 0 Å². The second kappa shape index (κ2) is 6.45. The maximum absolute atomic E-state index is 11.8. The monoisotopic (exact) mass is 291 g/mol. The Morgan fingerprint density at radius 3 is 2.81 bits per heavy atom. The fraction of sp³-hybridized carbons (Fsp3) is 0.429. The van der Waals surface area contributed by atoms with Crippen LogP contribution in [-0.4, -0.2) is 47.4 Å². The van der Waals surface area contributed by atoms with Gasteiger partial charge in [-0.15, -0.1) is 0 Å². The standard InChI is InChI=1S/C14H17N3O4/c1-3-11-13(19)16-12(18)8-17(11)7-10-5-4-9(6-15-10)14(20)21-2/h4-6,11H,3,7-8H2,1-2H3,(H,16,18,19). The van der Waals surface area contributed by atoms with E-state index in [1.807, 2.05) is 6.92 Å². The minimum absolute atomic E-state index is 0.157. The van der Waals surface area contributed by atoms with Gasteiger partial charge in [0.25, 0.3) is 0 Å². The quantitative estimate of drug-likeness (QED) is 0.625. The van der Waals surface area contributed by atoms with Crippen LogP contribution in [0.4, 0.5) is 0 Å². The Morgan fingerprint density at radius 1 is 1.48 bits per heavy atom. The van der Waals surface area contributed by atoms with Gasteiger partial charge >= 0.3 is 5.97 Å². The molecule has 1 unspecified atom stereocenters. The van der Waals surface area contributed by atoms with Gasteiger partial charge in [0, 0.05) is 12.7 Å². The molecule has 1 fully saturated rings. The first kappa shape index (κ1) is 15.1. The number of hydrogen-bond acceptors (Lipinski definition) is 6. The van der Waals surface area contributed by atoms with E-state index in [2.05, 4.69) is 15.0 Å². The second-order valence-corrected chi connectivity index (χ2v) is 4.77. The van der Waals surface area contributed by atoms with Gasteiger partial charge < -0.3 is 4.74 Å². The molecule has 21 heavy (non-hydrogen) atoms. The molecule has 0 radical (unpaired) electrons. The molecule has 112 valence electrons. The zero-order valence-electron chi connectivity index (χ0n) is 12.0. The van der Waals surface area contributed by atoms with Crippen molar-refractivity contribution in [2.24, 2.45) is 0 Å². The van der Waals surface area contributed by atoms with Crippen LogP contribution in [-0.2, 0) is 20.9 Å². The van der Waals surface area contributed by atoms with Gasteiger partial charge in [0.2, 0.25) is 11.8 Å². The van der Waals surface area contributed by atoms with Crippen LogP contribution >= 0.6 is 0 Å². The lowest BCUT2D eigenvalue weighted by molar-refractivity contribution is -0.140. The number of rotatable bonds is 4. The largest absolute Gasteiger partial charge is 0.465 e. The van der Waals surface area contributed by atoms with E-state index in [1.54, 1.807) is 17.0 Å². The molecule has 1 aromatic rings. The molecule has 0 aromatic carbocycles. The van der Waals surface area contributed by atoms with E-state index in [-0.39, 0.29) is 24.4 Å². The number of pyridine rings is 1. The first-order valence-corrected chi connectivity index (χ1v) is 6.66. The number of amides is 2. The Morgan fingerprint density at radius 2 is 2.24 bits per heavy atom. The van der Waals surface area contributed by atoms with Gasteiger partial charge in [-0.25, -0.2) is 4.79 Å². The smallest absolute Gasteiger partial charge is 0.339 e. The predicted molar refractivity (Wildman–Crippen MR) is 73.2 cm³/mol. The average Bonchev–Trinajstić information content (AvgIpc) is 2.47. The number of nitrogens with zero attached hydrogens (tertiary/aromatic N) is 2. The summed E-state index contributed by atoms with van der Waals surface area (Å²) in [6.45, 7) is 2.42. The lowest BCUT2D eigenvalue weighted by atomic mass is 10.1. The fourth-order valence-corrected chi connectivity index (χ4v) is 2.30. The molecule has 7 nitrogen and oxygen atoms in total. The number of carbonyl (C=O) groups excluding carboxylic acids is 3. The lowest BCUT2D eigenvalue weighted by Crippen LogP contribution is -2.57. The first-order chi connectivity index (χ1) is 10.0. The third-order valence-corrected chi connectivity index (χ3v) is 3.35. The number of ether oxygens (including phenoxy) is 1. The third kappa shape index (κ3) is 3.43. The Balaban J connectivity index is 2.10. The van der Waals surface area contributed by atoms with Crippen molar-refractivity contribution in [1.82, 2.24) is 15.2 Å². The zero-order chi connectivity index (χ0) is 15.4. The summed E-state index contributed by atoms with van der Waals surface area (Å²) in [5, 5.41) is 2.33. The molecule has 7 heteroatoms. The molecule has 0 saturated carbocycles. The number of methoxy groups -OCH3 is 1. The molecule has 0 bridgehead atoms. The minimum atomic E-state index is -0.451. The van der Waals surface area contributed by atoms with Crippen LogP contribution in [0.1, 0.15) is 29.4 Å². The molecule has 1 aromatic heterocycles. The normalized spacial score (nSPS) is 19.2. The van der Waals surface area contributed by atoms with E-state index in [9.17, 15) is 14.4 Å². The van der Waals surface area contributed by atoms with Crippen molar-refractivity contribution in [2.75, 3.05) is 13.7 Å². The maximum Gasteiger partial charge on any atom is 0.339 e. The summed E-state index contributed by atoms with van der Waals surface area (Å²) in [5.41, 5.74) is 1.05. The highest BCUT2D eigenvalue weighted by atomic mass is 16.5. The second-order valence-electron chi connectivity index (χ2n) is 4.77. The fourth-order valence-electron chi connectivity index (χ4n) is 2.30. The van der Waals surface area contributed by atoms with Crippen molar-refractivity contribution in [3.8, 4) is 0 Å². The zero-order valence-corrected chi connectivity index (χ0v) is 12.0. The van der Waals surface area contributed by atoms with Gasteiger partial charge in [-0.2, -0.15) is 0 Å². The van der Waals surface area contributed by atoms with Crippen molar-refractivity contribution in [2.45, 2.75) is 25.9 Å². The van der Waals surface area contributed by atoms with Crippen molar-refractivity contribution in [3.63, 3.8) is 0 Å². The van der Waals surface area contributed by atoms with Gasteiger partial charge in [0.1, 0.15) is 0 Å². The summed E-state index contributed by atoms with van der Waals surface area (Å²) < 4.78 is 4.60. The number of piperazine rings is 1. The average molecular weight is 291 g/mol. The first-order valence-electron chi connectivity index (χ1n) is 6.66. The number of hydrogen-bond donors (Lipinski definition) is 1. The summed E-state index contributed by atoms with van der Waals surface area (Å²) in [7, 11) is 1.31. The molecule has 2 amide bonds. The summed E-state index contributed by atoms with van der Waals surface area (Å²) in [6.07, 6.45) is 2.04. The van der Waals surface area contributed by atoms with E-state index in [0.29, 0.717) is 24.2 Å². The lowest BCUT2D eigenvalue weighted by Gasteiger charge is -2.32. The van der Waals surface area contributed by atoms with Crippen LogP contribution in [0.25, 0.3) is 0 Å². The molecule has 2 heterocycles. The van der Waals surface area contributed by atoms with E-state index in [0.717, 1.165) is 0 Å². The SMILES string of the molecule is CCC1C(=O)NC(=O)CN1Cc1ccc(C(=O)OC)cn1.